The molecule has 4 aliphatic rings. The summed E-state index contributed by atoms with van der Waals surface area (Å²) in [5, 5.41) is 10.2. The molecule has 0 bridgehead atoms. The number of aromatic nitrogens is 5. The van der Waals surface area contributed by atoms with E-state index in [0.29, 0.717) is 17.4 Å². The molecule has 3 aromatic rings. The van der Waals surface area contributed by atoms with Crippen LogP contribution in [0.15, 0.2) is 30.5 Å². The first-order valence-electron chi connectivity index (χ1n) is 12.2. The Bertz CT molecular complexity index is 1240. The van der Waals surface area contributed by atoms with Crippen molar-refractivity contribution in [1.82, 2.24) is 29.6 Å². The Hall–Kier alpha value is -2.55. The second-order valence-corrected chi connectivity index (χ2v) is 10.9. The number of hydrogen-bond acceptors (Lipinski definition) is 7. The molecular weight excluding hydrogens is 450 g/mol. The molecule has 1 spiro atoms. The Morgan fingerprint density at radius 2 is 2.00 bits per heavy atom. The van der Waals surface area contributed by atoms with Gasteiger partial charge in [0.1, 0.15) is 17.5 Å². The predicted octanol–water partition coefficient (Wildman–Crippen LogP) is 3.51. The van der Waals surface area contributed by atoms with Crippen LogP contribution < -0.4 is 4.90 Å². The van der Waals surface area contributed by atoms with Gasteiger partial charge in [0.2, 0.25) is 0 Å². The summed E-state index contributed by atoms with van der Waals surface area (Å²) in [5.41, 5.74) is 2.78. The van der Waals surface area contributed by atoms with Crippen LogP contribution in [0.3, 0.4) is 0 Å². The van der Waals surface area contributed by atoms with E-state index in [1.165, 1.54) is 11.3 Å². The second kappa shape index (κ2) is 7.73. The van der Waals surface area contributed by atoms with E-state index >= 15 is 0 Å². The SMILES string of the molecule is Cc1nccc(N2CC3(CC(c4nnc5n4-c4ccc(Cl)cc4CN([C@H]4CCOC4)C5)C3)C2)n1. The van der Waals surface area contributed by atoms with Gasteiger partial charge >= 0.3 is 0 Å². The van der Waals surface area contributed by atoms with Gasteiger partial charge in [-0.05, 0) is 56.0 Å². The molecule has 1 aliphatic carbocycles. The van der Waals surface area contributed by atoms with Crippen molar-refractivity contribution in [3.63, 3.8) is 0 Å². The zero-order chi connectivity index (χ0) is 22.9. The lowest BCUT2D eigenvalue weighted by Crippen LogP contribution is -2.62. The van der Waals surface area contributed by atoms with E-state index in [-0.39, 0.29) is 0 Å². The number of halogens is 1. The van der Waals surface area contributed by atoms with Gasteiger partial charge in [-0.25, -0.2) is 9.97 Å². The highest BCUT2D eigenvalue weighted by atomic mass is 35.5. The zero-order valence-corrected chi connectivity index (χ0v) is 20.1. The quantitative estimate of drug-likeness (QED) is 0.571. The molecule has 0 unspecified atom stereocenters. The van der Waals surface area contributed by atoms with Crippen LogP contribution in [0.5, 0.6) is 0 Å². The number of rotatable bonds is 3. The van der Waals surface area contributed by atoms with Crippen LogP contribution in [0.4, 0.5) is 5.82 Å². The first kappa shape index (κ1) is 20.8. The van der Waals surface area contributed by atoms with Gasteiger partial charge < -0.3 is 9.64 Å². The molecule has 1 aromatic carbocycles. The van der Waals surface area contributed by atoms with Gasteiger partial charge in [-0.3, -0.25) is 9.47 Å². The molecule has 3 fully saturated rings. The number of anilines is 1. The van der Waals surface area contributed by atoms with Crippen LogP contribution in [0.2, 0.25) is 5.02 Å². The molecule has 9 heteroatoms. The molecule has 34 heavy (non-hydrogen) atoms. The standard InChI is InChI=1S/C25H28ClN7O/c1-16-27-6-4-22(28-16)32-14-25(15-32)9-18(10-25)24-30-29-23-12-31(20-5-7-34-13-20)11-17-8-19(26)2-3-21(17)33(23)24/h2-4,6,8,18,20H,5,7,9-15H2,1H3/t20-/m0/s1. The maximum atomic E-state index is 6.42. The monoisotopic (exact) mass is 477 g/mol. The molecule has 2 aromatic heterocycles. The highest BCUT2D eigenvalue weighted by Crippen LogP contribution is 2.56. The van der Waals surface area contributed by atoms with Gasteiger partial charge in [0.15, 0.2) is 5.82 Å². The van der Waals surface area contributed by atoms with Crippen molar-refractivity contribution in [3.8, 4) is 5.69 Å². The molecule has 3 aliphatic heterocycles. The third kappa shape index (κ3) is 3.34. The van der Waals surface area contributed by atoms with Gasteiger partial charge in [-0.1, -0.05) is 11.6 Å². The molecule has 5 heterocycles. The average Bonchev–Trinajstić information content (AvgIpc) is 3.40. The Kier molecular flexibility index (Phi) is 4.73. The van der Waals surface area contributed by atoms with Gasteiger partial charge in [0.25, 0.3) is 0 Å². The third-order valence-corrected chi connectivity index (χ3v) is 8.27. The summed E-state index contributed by atoms with van der Waals surface area (Å²) in [6.07, 6.45) is 5.20. The summed E-state index contributed by atoms with van der Waals surface area (Å²) < 4.78 is 8.01. The number of ether oxygens (including phenoxy) is 1. The Balaban J connectivity index is 1.14. The fourth-order valence-corrected chi connectivity index (χ4v) is 6.55. The Morgan fingerprint density at radius 1 is 1.12 bits per heavy atom. The maximum absolute atomic E-state index is 6.42. The Labute approximate surface area is 203 Å². The summed E-state index contributed by atoms with van der Waals surface area (Å²) in [5.74, 6) is 4.42. The lowest BCUT2D eigenvalue weighted by Gasteiger charge is -2.59. The van der Waals surface area contributed by atoms with Crippen molar-refractivity contribution in [3.05, 3.63) is 58.5 Å². The molecule has 0 N–H and O–H groups in total. The fraction of sp³-hybridized carbons (Fsp3) is 0.520. The van der Waals surface area contributed by atoms with Gasteiger partial charge in [0.05, 0.1) is 18.8 Å². The predicted molar refractivity (Wildman–Crippen MR) is 128 cm³/mol. The minimum absolute atomic E-state index is 0.372. The summed E-state index contributed by atoms with van der Waals surface area (Å²) >= 11 is 6.42. The molecule has 7 rings (SSSR count). The van der Waals surface area contributed by atoms with E-state index < -0.39 is 0 Å². The maximum Gasteiger partial charge on any atom is 0.151 e. The minimum atomic E-state index is 0.372. The first-order chi connectivity index (χ1) is 16.6. The van der Waals surface area contributed by atoms with Crippen molar-refractivity contribution in [1.29, 1.82) is 0 Å². The van der Waals surface area contributed by atoms with E-state index in [0.717, 1.165) is 87.0 Å². The highest BCUT2D eigenvalue weighted by molar-refractivity contribution is 6.30. The number of nitrogens with zero attached hydrogens (tertiary/aromatic N) is 7. The van der Waals surface area contributed by atoms with Crippen LogP contribution in [0.25, 0.3) is 5.69 Å². The van der Waals surface area contributed by atoms with Gasteiger partial charge in [0, 0.05) is 54.8 Å². The zero-order valence-electron chi connectivity index (χ0n) is 19.3. The molecule has 0 amide bonds. The number of fused-ring (bicyclic) bond motifs is 3. The Morgan fingerprint density at radius 3 is 2.79 bits per heavy atom. The number of aryl methyl sites for hydroxylation is 1. The summed E-state index contributed by atoms with van der Waals surface area (Å²) in [6.45, 7) is 7.31. The van der Waals surface area contributed by atoms with Crippen LogP contribution >= 0.6 is 11.6 Å². The van der Waals surface area contributed by atoms with Crippen molar-refractivity contribution in [2.24, 2.45) is 5.41 Å². The average molecular weight is 478 g/mol. The fourth-order valence-electron chi connectivity index (χ4n) is 6.35. The normalized spacial score (nSPS) is 23.8. The molecule has 8 nitrogen and oxygen atoms in total. The third-order valence-electron chi connectivity index (χ3n) is 8.04. The van der Waals surface area contributed by atoms with Gasteiger partial charge in [-0.15, -0.1) is 10.2 Å². The number of hydrogen-bond donors (Lipinski definition) is 0. The largest absolute Gasteiger partial charge is 0.380 e. The van der Waals surface area contributed by atoms with Crippen molar-refractivity contribution in [2.45, 2.75) is 51.2 Å². The minimum Gasteiger partial charge on any atom is -0.380 e. The van der Waals surface area contributed by atoms with E-state index in [9.17, 15) is 0 Å². The van der Waals surface area contributed by atoms with E-state index in [4.69, 9.17) is 26.5 Å². The van der Waals surface area contributed by atoms with E-state index in [2.05, 4.69) is 36.5 Å². The van der Waals surface area contributed by atoms with Crippen molar-refractivity contribution in [2.75, 3.05) is 31.2 Å². The first-order valence-corrected chi connectivity index (χ1v) is 12.5. The van der Waals surface area contributed by atoms with Crippen LogP contribution in [-0.4, -0.2) is 62.0 Å². The topological polar surface area (TPSA) is 72.2 Å². The molecule has 1 atom stereocenters. The lowest BCUT2D eigenvalue weighted by molar-refractivity contribution is 0.0581. The smallest absolute Gasteiger partial charge is 0.151 e. The molecule has 1 saturated carbocycles. The van der Waals surface area contributed by atoms with Crippen molar-refractivity contribution < 1.29 is 4.74 Å². The van der Waals surface area contributed by atoms with Crippen LogP contribution in [0, 0.1) is 12.3 Å². The van der Waals surface area contributed by atoms with Crippen LogP contribution in [0.1, 0.15) is 48.2 Å². The second-order valence-electron chi connectivity index (χ2n) is 10.4. The van der Waals surface area contributed by atoms with E-state index in [1.54, 1.807) is 0 Å². The van der Waals surface area contributed by atoms with Crippen molar-refractivity contribution >= 4 is 17.4 Å². The summed E-state index contributed by atoms with van der Waals surface area (Å²) in [6, 6.07) is 8.65. The summed E-state index contributed by atoms with van der Waals surface area (Å²) in [7, 11) is 0. The number of benzene rings is 1. The van der Waals surface area contributed by atoms with E-state index in [1.807, 2.05) is 25.3 Å². The molecule has 2 saturated heterocycles. The van der Waals surface area contributed by atoms with Crippen LogP contribution in [-0.2, 0) is 17.8 Å². The molecule has 0 radical (unpaired) electrons. The molecule has 176 valence electrons. The van der Waals surface area contributed by atoms with Gasteiger partial charge in [-0.2, -0.15) is 0 Å². The molecular formula is C25H28ClN7O. The lowest BCUT2D eigenvalue weighted by atomic mass is 9.57. The summed E-state index contributed by atoms with van der Waals surface area (Å²) in [4.78, 5) is 13.7. The highest BCUT2D eigenvalue weighted by Gasteiger charge is 2.54.